The van der Waals surface area contributed by atoms with Gasteiger partial charge >= 0.3 is 0 Å². The Kier molecular flexibility index (Phi) is 5.43. The molecule has 1 amide bonds. The molecule has 5 atom stereocenters. The first-order valence-corrected chi connectivity index (χ1v) is 11.8. The molecular formula is C25H28N2O6. The Bertz CT molecular complexity index is 1070. The van der Waals surface area contributed by atoms with Gasteiger partial charge in [-0.25, -0.2) is 0 Å². The number of benzene rings is 1. The third-order valence-electron chi connectivity index (χ3n) is 8.05. The average molecular weight is 453 g/mol. The number of likely N-dealkylation sites (tertiary alicyclic amines) is 1. The van der Waals surface area contributed by atoms with E-state index in [1.54, 1.807) is 0 Å². The first kappa shape index (κ1) is 21.9. The minimum atomic E-state index is -1.61. The minimum Gasteiger partial charge on any atom is -0.507 e. The molecule has 3 fully saturated rings. The van der Waals surface area contributed by atoms with Crippen LogP contribution in [-0.4, -0.2) is 52.1 Å². The van der Waals surface area contributed by atoms with Crippen molar-refractivity contribution in [1.82, 2.24) is 4.90 Å². The summed E-state index contributed by atoms with van der Waals surface area (Å²) in [5.74, 6) is -8.13. The van der Waals surface area contributed by atoms with E-state index in [0.717, 1.165) is 37.1 Å². The minimum absolute atomic E-state index is 0.0549. The van der Waals surface area contributed by atoms with Crippen molar-refractivity contribution in [2.24, 2.45) is 35.3 Å². The van der Waals surface area contributed by atoms with Gasteiger partial charge in [0, 0.05) is 13.0 Å². The maximum absolute atomic E-state index is 13.5. The third kappa shape index (κ3) is 3.51. The summed E-state index contributed by atoms with van der Waals surface area (Å²) in [5.41, 5.74) is 7.20. The van der Waals surface area contributed by atoms with Crippen molar-refractivity contribution in [3.8, 4) is 5.75 Å². The molecule has 8 heteroatoms. The average Bonchev–Trinajstić information content (AvgIpc) is 2.75. The molecule has 0 spiro atoms. The lowest BCUT2D eigenvalue weighted by Gasteiger charge is -2.44. The SMILES string of the molecule is NC(=O)C1C(=O)CC2CC3Cc4c(CN5CCCCC5)ccc(O)c4C(=O)C3C(=O)C2C1=O. The number of hydrogen-bond donors (Lipinski definition) is 2. The number of Topliss-reactive ketones (excluding diaryl/α,β-unsaturated/α-hetero) is 4. The lowest BCUT2D eigenvalue weighted by atomic mass is 9.56. The zero-order valence-corrected chi connectivity index (χ0v) is 18.4. The molecule has 5 rings (SSSR count). The van der Waals surface area contributed by atoms with Gasteiger partial charge in [-0.2, -0.15) is 0 Å². The second-order valence-corrected chi connectivity index (χ2v) is 10.0. The number of hydrogen-bond acceptors (Lipinski definition) is 7. The zero-order chi connectivity index (χ0) is 23.4. The Morgan fingerprint density at radius 2 is 1.67 bits per heavy atom. The standard InChI is InChI=1S/C25H28N2O6/c26-25(33)21-17(29)10-14-8-13-9-15-12(11-27-6-2-1-3-7-27)4-5-16(28)20(15)23(31)18(13)22(30)19(14)24(21)32/h4-5,13-14,18-19,21,28H,1-3,6-11H2,(H2,26,33). The molecule has 3 aliphatic carbocycles. The Morgan fingerprint density at radius 3 is 2.36 bits per heavy atom. The summed E-state index contributed by atoms with van der Waals surface area (Å²) in [7, 11) is 0. The number of rotatable bonds is 3. The highest BCUT2D eigenvalue weighted by Gasteiger charge is 2.57. The van der Waals surface area contributed by atoms with E-state index in [9.17, 15) is 29.1 Å². The Labute approximate surface area is 191 Å². The molecule has 2 saturated carbocycles. The summed E-state index contributed by atoms with van der Waals surface area (Å²) in [6, 6.07) is 3.37. The normalized spacial score (nSPS) is 32.2. The van der Waals surface area contributed by atoms with Crippen LogP contribution < -0.4 is 5.73 Å². The number of nitrogens with two attached hydrogens (primary N) is 1. The first-order valence-electron chi connectivity index (χ1n) is 11.8. The highest BCUT2D eigenvalue weighted by Crippen LogP contribution is 2.48. The van der Waals surface area contributed by atoms with E-state index >= 15 is 0 Å². The Morgan fingerprint density at radius 1 is 0.970 bits per heavy atom. The molecule has 174 valence electrons. The summed E-state index contributed by atoms with van der Waals surface area (Å²) < 4.78 is 0. The Balaban J connectivity index is 1.49. The van der Waals surface area contributed by atoms with Gasteiger partial charge in [0.2, 0.25) is 5.91 Å². The maximum atomic E-state index is 13.5. The van der Waals surface area contributed by atoms with Crippen molar-refractivity contribution in [3.63, 3.8) is 0 Å². The van der Waals surface area contributed by atoms with Crippen molar-refractivity contribution < 1.29 is 29.1 Å². The molecule has 1 saturated heterocycles. The molecule has 33 heavy (non-hydrogen) atoms. The maximum Gasteiger partial charge on any atom is 0.235 e. The van der Waals surface area contributed by atoms with Crippen LogP contribution in [0.2, 0.25) is 0 Å². The molecule has 0 aromatic heterocycles. The molecule has 1 aromatic rings. The molecule has 3 N–H and O–H groups in total. The van der Waals surface area contributed by atoms with E-state index in [2.05, 4.69) is 4.90 Å². The highest BCUT2D eigenvalue weighted by atomic mass is 16.3. The Hall–Kier alpha value is -2.87. The van der Waals surface area contributed by atoms with Gasteiger partial charge in [-0.1, -0.05) is 12.5 Å². The van der Waals surface area contributed by atoms with Gasteiger partial charge in [0.05, 0.1) is 17.4 Å². The fraction of sp³-hybridized carbons (Fsp3) is 0.560. The monoisotopic (exact) mass is 452 g/mol. The van der Waals surface area contributed by atoms with E-state index in [1.807, 2.05) is 6.07 Å². The van der Waals surface area contributed by atoms with Gasteiger partial charge in [0.1, 0.15) is 5.75 Å². The number of carbonyl (C=O) groups is 5. The van der Waals surface area contributed by atoms with Crippen LogP contribution in [-0.2, 0) is 32.1 Å². The van der Waals surface area contributed by atoms with Crippen molar-refractivity contribution >= 4 is 29.0 Å². The summed E-state index contributed by atoms with van der Waals surface area (Å²) >= 11 is 0. The van der Waals surface area contributed by atoms with Crippen LogP contribution in [0.5, 0.6) is 5.75 Å². The molecule has 5 unspecified atom stereocenters. The molecule has 8 nitrogen and oxygen atoms in total. The third-order valence-corrected chi connectivity index (χ3v) is 8.05. The fourth-order valence-corrected chi connectivity index (χ4v) is 6.56. The van der Waals surface area contributed by atoms with Crippen LogP contribution in [0.1, 0.15) is 53.6 Å². The summed E-state index contributed by atoms with van der Waals surface area (Å²) in [4.78, 5) is 66.3. The van der Waals surface area contributed by atoms with Gasteiger partial charge in [0.15, 0.2) is 29.1 Å². The van der Waals surface area contributed by atoms with E-state index in [1.165, 1.54) is 12.5 Å². The number of fused-ring (bicyclic) bond motifs is 3. The number of carbonyl (C=O) groups excluding carboxylic acids is 5. The van der Waals surface area contributed by atoms with E-state index < -0.39 is 52.7 Å². The molecular weight excluding hydrogens is 424 g/mol. The van der Waals surface area contributed by atoms with Crippen LogP contribution in [0.15, 0.2) is 12.1 Å². The van der Waals surface area contributed by atoms with Crippen LogP contribution in [0.25, 0.3) is 0 Å². The van der Waals surface area contributed by atoms with E-state index in [0.29, 0.717) is 19.4 Å². The lowest BCUT2D eigenvalue weighted by Crippen LogP contribution is -2.56. The van der Waals surface area contributed by atoms with E-state index in [4.69, 9.17) is 5.73 Å². The van der Waals surface area contributed by atoms with Crippen molar-refractivity contribution in [2.45, 2.75) is 45.1 Å². The van der Waals surface area contributed by atoms with Gasteiger partial charge in [0.25, 0.3) is 0 Å². The fourth-order valence-electron chi connectivity index (χ4n) is 6.56. The second kappa shape index (κ2) is 8.17. The second-order valence-electron chi connectivity index (χ2n) is 10.0. The predicted molar refractivity (Wildman–Crippen MR) is 116 cm³/mol. The summed E-state index contributed by atoms with van der Waals surface area (Å²) in [6.07, 6.45) is 4.26. The molecule has 0 radical (unpaired) electrons. The van der Waals surface area contributed by atoms with Gasteiger partial charge in [-0.3, -0.25) is 28.9 Å². The lowest BCUT2D eigenvalue weighted by molar-refractivity contribution is -0.152. The van der Waals surface area contributed by atoms with Crippen molar-refractivity contribution in [2.75, 3.05) is 13.1 Å². The van der Waals surface area contributed by atoms with Gasteiger partial charge in [-0.05, 0) is 67.8 Å². The number of nitrogens with zero attached hydrogens (tertiary/aromatic N) is 1. The molecule has 1 aliphatic heterocycles. The molecule has 4 aliphatic rings. The van der Waals surface area contributed by atoms with Crippen LogP contribution in [0.4, 0.5) is 0 Å². The number of piperidine rings is 1. The quantitative estimate of drug-likeness (QED) is 0.658. The number of phenols is 1. The number of amides is 1. The molecule has 0 bridgehead atoms. The topological polar surface area (TPSA) is 135 Å². The van der Waals surface area contributed by atoms with Gasteiger partial charge in [-0.15, -0.1) is 0 Å². The number of phenolic OH excluding ortho intramolecular Hbond substituents is 1. The molecule has 1 heterocycles. The van der Waals surface area contributed by atoms with Crippen LogP contribution >= 0.6 is 0 Å². The first-order chi connectivity index (χ1) is 15.8. The number of primary amides is 1. The zero-order valence-electron chi connectivity index (χ0n) is 18.4. The summed E-state index contributed by atoms with van der Waals surface area (Å²) in [5, 5.41) is 10.5. The predicted octanol–water partition coefficient (Wildman–Crippen LogP) is 1.20. The van der Waals surface area contributed by atoms with Crippen LogP contribution in [0.3, 0.4) is 0 Å². The van der Waals surface area contributed by atoms with E-state index in [-0.39, 0.29) is 23.7 Å². The van der Waals surface area contributed by atoms with Crippen molar-refractivity contribution in [1.29, 1.82) is 0 Å². The number of ketones is 4. The molecule has 1 aromatic carbocycles. The highest BCUT2D eigenvalue weighted by molar-refractivity contribution is 6.27. The van der Waals surface area contributed by atoms with Gasteiger partial charge < -0.3 is 10.8 Å². The van der Waals surface area contributed by atoms with Crippen molar-refractivity contribution in [3.05, 3.63) is 28.8 Å². The van der Waals surface area contributed by atoms with Crippen LogP contribution in [0, 0.1) is 29.6 Å². The number of aromatic hydroxyl groups is 1. The largest absolute Gasteiger partial charge is 0.507 e. The smallest absolute Gasteiger partial charge is 0.235 e. The summed E-state index contributed by atoms with van der Waals surface area (Å²) in [6.45, 7) is 2.66.